The van der Waals surface area contributed by atoms with Gasteiger partial charge in [-0.05, 0) is 53.9 Å². The number of amides is 1. The average Bonchev–Trinajstić information content (AvgIpc) is 2.67. The van der Waals surface area contributed by atoms with Crippen molar-refractivity contribution in [3.8, 4) is 0 Å². The number of nitrogens with zero attached hydrogens (tertiary/aromatic N) is 1. The van der Waals surface area contributed by atoms with E-state index in [1.165, 1.54) is 0 Å². The summed E-state index contributed by atoms with van der Waals surface area (Å²) < 4.78 is 26.0. The number of hydrogen-bond acceptors (Lipinski definition) is 3. The largest absolute Gasteiger partial charge is 0.350 e. The zero-order chi connectivity index (χ0) is 21.2. The SMILES string of the molecule is Cc1ccc(Cl)cc1N(C(C)C(=O)NCc1ccc2ccccc2c1)S(C)(=O)=O. The molecule has 0 saturated heterocycles. The number of nitrogens with one attached hydrogen (secondary N) is 1. The van der Waals surface area contributed by atoms with E-state index in [9.17, 15) is 13.2 Å². The average molecular weight is 431 g/mol. The topological polar surface area (TPSA) is 66.5 Å². The molecule has 1 amide bonds. The van der Waals surface area contributed by atoms with Gasteiger partial charge in [-0.3, -0.25) is 9.10 Å². The summed E-state index contributed by atoms with van der Waals surface area (Å²) in [5, 5.41) is 5.45. The third-order valence-electron chi connectivity index (χ3n) is 4.78. The standard InChI is InChI=1S/C22H23ClN2O3S/c1-15-8-11-20(23)13-21(15)25(29(3,27)28)16(2)22(26)24-14-17-9-10-18-6-4-5-7-19(18)12-17/h4-13,16H,14H2,1-3H3,(H,24,26). The Bertz CT molecular complexity index is 1160. The highest BCUT2D eigenvalue weighted by atomic mass is 35.5. The van der Waals surface area contributed by atoms with Gasteiger partial charge in [-0.2, -0.15) is 0 Å². The van der Waals surface area contributed by atoms with Crippen molar-refractivity contribution in [2.45, 2.75) is 26.4 Å². The predicted molar refractivity (Wildman–Crippen MR) is 119 cm³/mol. The van der Waals surface area contributed by atoms with Crippen molar-refractivity contribution >= 4 is 44.0 Å². The summed E-state index contributed by atoms with van der Waals surface area (Å²) in [4.78, 5) is 12.8. The molecule has 0 heterocycles. The Hall–Kier alpha value is -2.57. The van der Waals surface area contributed by atoms with Crippen molar-refractivity contribution in [2.75, 3.05) is 10.6 Å². The van der Waals surface area contributed by atoms with Crippen molar-refractivity contribution < 1.29 is 13.2 Å². The first-order chi connectivity index (χ1) is 13.7. The molecule has 0 spiro atoms. The first kappa shape index (κ1) is 21.1. The van der Waals surface area contributed by atoms with Gasteiger partial charge in [0.05, 0.1) is 11.9 Å². The maximum atomic E-state index is 12.8. The van der Waals surface area contributed by atoms with Crippen molar-refractivity contribution in [2.24, 2.45) is 0 Å². The van der Waals surface area contributed by atoms with Gasteiger partial charge in [0.25, 0.3) is 0 Å². The zero-order valence-corrected chi connectivity index (χ0v) is 18.1. The van der Waals surface area contributed by atoms with E-state index >= 15 is 0 Å². The predicted octanol–water partition coefficient (Wildman–Crippen LogP) is 4.27. The fraction of sp³-hybridized carbons (Fsp3) is 0.227. The lowest BCUT2D eigenvalue weighted by Crippen LogP contribution is -2.48. The minimum atomic E-state index is -3.70. The van der Waals surface area contributed by atoms with E-state index in [0.29, 0.717) is 22.8 Å². The molecule has 0 aromatic heterocycles. The molecule has 0 aliphatic carbocycles. The molecule has 3 aromatic carbocycles. The Balaban J connectivity index is 1.81. The Morgan fingerprint density at radius 2 is 1.76 bits per heavy atom. The molecule has 0 saturated carbocycles. The van der Waals surface area contributed by atoms with E-state index in [2.05, 4.69) is 5.32 Å². The molecule has 1 N–H and O–H groups in total. The van der Waals surface area contributed by atoms with Crippen molar-refractivity contribution in [3.63, 3.8) is 0 Å². The minimum absolute atomic E-state index is 0.306. The molecule has 152 valence electrons. The van der Waals surface area contributed by atoms with Crippen LogP contribution in [0.25, 0.3) is 10.8 Å². The van der Waals surface area contributed by atoms with Crippen LogP contribution >= 0.6 is 11.6 Å². The summed E-state index contributed by atoms with van der Waals surface area (Å²) in [7, 11) is -3.70. The van der Waals surface area contributed by atoms with Crippen LogP contribution in [0.1, 0.15) is 18.1 Å². The third kappa shape index (κ3) is 4.89. The fourth-order valence-electron chi connectivity index (χ4n) is 3.29. The van der Waals surface area contributed by atoms with Crippen LogP contribution in [-0.4, -0.2) is 26.6 Å². The number of anilines is 1. The highest BCUT2D eigenvalue weighted by molar-refractivity contribution is 7.92. The summed E-state index contributed by atoms with van der Waals surface area (Å²) in [6.07, 6.45) is 1.08. The lowest BCUT2D eigenvalue weighted by Gasteiger charge is -2.29. The molecule has 0 fully saturated rings. The molecule has 0 bridgehead atoms. The van der Waals surface area contributed by atoms with Gasteiger partial charge < -0.3 is 5.32 Å². The monoisotopic (exact) mass is 430 g/mol. The van der Waals surface area contributed by atoms with Gasteiger partial charge in [0.2, 0.25) is 15.9 Å². The third-order valence-corrected chi connectivity index (χ3v) is 6.24. The molecule has 7 heteroatoms. The molecule has 0 aliphatic rings. The van der Waals surface area contributed by atoms with E-state index in [4.69, 9.17) is 11.6 Å². The van der Waals surface area contributed by atoms with Crippen LogP contribution < -0.4 is 9.62 Å². The number of halogens is 1. The number of rotatable bonds is 6. The van der Waals surface area contributed by atoms with Gasteiger partial charge in [-0.1, -0.05) is 54.1 Å². The second-order valence-electron chi connectivity index (χ2n) is 7.06. The molecular weight excluding hydrogens is 408 g/mol. The van der Waals surface area contributed by atoms with E-state index in [1.54, 1.807) is 32.0 Å². The second-order valence-corrected chi connectivity index (χ2v) is 9.36. The number of benzene rings is 3. The van der Waals surface area contributed by atoms with Crippen molar-refractivity contribution in [1.82, 2.24) is 5.32 Å². The molecule has 0 radical (unpaired) electrons. The highest BCUT2D eigenvalue weighted by Crippen LogP contribution is 2.28. The van der Waals surface area contributed by atoms with Crippen LogP contribution in [0.5, 0.6) is 0 Å². The Kier molecular flexibility index (Phi) is 6.15. The Morgan fingerprint density at radius 1 is 1.07 bits per heavy atom. The maximum Gasteiger partial charge on any atom is 0.243 e. The summed E-state index contributed by atoms with van der Waals surface area (Å²) in [6, 6.07) is 18.0. The summed E-state index contributed by atoms with van der Waals surface area (Å²) >= 11 is 6.06. The second kappa shape index (κ2) is 8.43. The van der Waals surface area contributed by atoms with Gasteiger partial charge >= 0.3 is 0 Å². The van der Waals surface area contributed by atoms with E-state index < -0.39 is 16.1 Å². The van der Waals surface area contributed by atoms with Crippen LogP contribution in [0.15, 0.2) is 60.7 Å². The fourth-order valence-corrected chi connectivity index (χ4v) is 4.68. The summed E-state index contributed by atoms with van der Waals surface area (Å²) in [5.74, 6) is -0.386. The molecule has 1 atom stereocenters. The number of fused-ring (bicyclic) bond motifs is 1. The lowest BCUT2D eigenvalue weighted by molar-refractivity contribution is -0.122. The van der Waals surface area contributed by atoms with Crippen LogP contribution in [0, 0.1) is 6.92 Å². The van der Waals surface area contributed by atoms with Gasteiger partial charge in [-0.25, -0.2) is 8.42 Å². The van der Waals surface area contributed by atoms with Crippen LogP contribution in [0.4, 0.5) is 5.69 Å². The molecule has 3 rings (SSSR count). The molecular formula is C22H23ClN2O3S. The zero-order valence-electron chi connectivity index (χ0n) is 16.5. The number of carbonyl (C=O) groups is 1. The van der Waals surface area contributed by atoms with Crippen molar-refractivity contribution in [3.05, 3.63) is 76.8 Å². The number of carbonyl (C=O) groups excluding carboxylic acids is 1. The maximum absolute atomic E-state index is 12.8. The van der Waals surface area contributed by atoms with Crippen LogP contribution in [-0.2, 0) is 21.4 Å². The van der Waals surface area contributed by atoms with Gasteiger partial charge in [0, 0.05) is 11.6 Å². The first-order valence-corrected chi connectivity index (χ1v) is 11.4. The minimum Gasteiger partial charge on any atom is -0.350 e. The van der Waals surface area contributed by atoms with E-state index in [0.717, 1.165) is 26.9 Å². The molecule has 29 heavy (non-hydrogen) atoms. The number of aryl methyl sites for hydroxylation is 1. The molecule has 5 nitrogen and oxygen atoms in total. The van der Waals surface area contributed by atoms with Gasteiger partial charge in [-0.15, -0.1) is 0 Å². The molecule has 0 aliphatic heterocycles. The van der Waals surface area contributed by atoms with Gasteiger partial charge in [0.1, 0.15) is 6.04 Å². The van der Waals surface area contributed by atoms with E-state index in [1.807, 2.05) is 42.5 Å². The summed E-state index contributed by atoms with van der Waals surface area (Å²) in [5.41, 5.74) is 2.05. The van der Waals surface area contributed by atoms with Crippen LogP contribution in [0.2, 0.25) is 5.02 Å². The van der Waals surface area contributed by atoms with E-state index in [-0.39, 0.29) is 5.91 Å². The quantitative estimate of drug-likeness (QED) is 0.635. The number of hydrogen-bond donors (Lipinski definition) is 1. The smallest absolute Gasteiger partial charge is 0.243 e. The lowest BCUT2D eigenvalue weighted by atomic mass is 10.1. The first-order valence-electron chi connectivity index (χ1n) is 9.18. The Morgan fingerprint density at radius 3 is 2.45 bits per heavy atom. The van der Waals surface area contributed by atoms with Gasteiger partial charge in [0.15, 0.2) is 0 Å². The van der Waals surface area contributed by atoms with Crippen molar-refractivity contribution in [1.29, 1.82) is 0 Å². The highest BCUT2D eigenvalue weighted by Gasteiger charge is 2.30. The summed E-state index contributed by atoms with van der Waals surface area (Å²) in [6.45, 7) is 3.65. The Labute approximate surface area is 176 Å². The number of sulfonamides is 1. The van der Waals surface area contributed by atoms with Crippen LogP contribution in [0.3, 0.4) is 0 Å². The molecule has 1 unspecified atom stereocenters. The molecule has 3 aromatic rings. The normalized spacial score (nSPS) is 12.6.